The van der Waals surface area contributed by atoms with Crippen LogP contribution in [0.5, 0.6) is 0 Å². The third kappa shape index (κ3) is 6.31. The number of halogens is 2. The van der Waals surface area contributed by atoms with Crippen molar-refractivity contribution in [3.63, 3.8) is 0 Å². The second kappa shape index (κ2) is 4.47. The highest BCUT2D eigenvalue weighted by atomic mass is 79.9. The molecule has 0 saturated heterocycles. The minimum Gasteiger partial charge on any atom is -0.502 e. The van der Waals surface area contributed by atoms with Crippen LogP contribution in [0.4, 0.5) is 0 Å². The maximum atomic E-state index is 8.40. The Hall–Kier alpha value is 0.310. The van der Waals surface area contributed by atoms with Crippen molar-refractivity contribution in [3.8, 4) is 0 Å². The summed E-state index contributed by atoms with van der Waals surface area (Å²) in [7, 11) is 0. The summed E-state index contributed by atoms with van der Waals surface area (Å²) in [4.78, 5) is 0. The molecule has 3 heteroatoms. The van der Waals surface area contributed by atoms with Gasteiger partial charge in [0.1, 0.15) is 0 Å². The molecule has 0 heterocycles. The molecular weight excluding hydrogens is 179 g/mol. The molecule has 0 aromatic rings. The Morgan fingerprint density at radius 1 is 1.86 bits per heavy atom. The van der Waals surface area contributed by atoms with E-state index in [1.54, 1.807) is 6.08 Å². The smallest absolute Gasteiger partial charge is 0.154 e. The maximum Gasteiger partial charge on any atom is 0.154 e. The Labute approximate surface area is 56.1 Å². The zero-order valence-corrected chi connectivity index (χ0v) is 6.04. The van der Waals surface area contributed by atoms with Crippen molar-refractivity contribution in [1.29, 1.82) is 0 Å². The van der Waals surface area contributed by atoms with Gasteiger partial charge in [-0.05, 0) is 28.4 Å². The van der Waals surface area contributed by atoms with Crippen LogP contribution in [0, 0.1) is 0 Å². The Bertz CT molecular complexity index is 68.1. The lowest BCUT2D eigenvalue weighted by atomic mass is 10.5. The van der Waals surface area contributed by atoms with Gasteiger partial charge in [-0.15, -0.1) is 11.6 Å². The van der Waals surface area contributed by atoms with Crippen molar-refractivity contribution >= 4 is 27.5 Å². The van der Waals surface area contributed by atoms with E-state index in [9.17, 15) is 0 Å². The molecule has 0 bridgehead atoms. The number of hydrogen-bond donors (Lipinski definition) is 1. The molecule has 0 aliphatic rings. The van der Waals surface area contributed by atoms with Crippen LogP contribution in [0.25, 0.3) is 0 Å². The summed E-state index contributed by atoms with van der Waals surface area (Å²) in [5.41, 5.74) is 0. The normalized spacial score (nSPS) is 12.0. The van der Waals surface area contributed by atoms with Crippen molar-refractivity contribution in [1.82, 2.24) is 0 Å². The Kier molecular flexibility index (Phi) is 4.67. The number of hydrogen-bond acceptors (Lipinski definition) is 1. The molecule has 7 heavy (non-hydrogen) atoms. The molecule has 1 nitrogen and oxygen atoms in total. The van der Waals surface area contributed by atoms with E-state index in [1.807, 2.05) is 0 Å². The molecule has 1 N–H and O–H groups in total. The highest BCUT2D eigenvalue weighted by molar-refractivity contribution is 9.11. The largest absolute Gasteiger partial charge is 0.502 e. The average molecular weight is 185 g/mol. The van der Waals surface area contributed by atoms with E-state index in [4.69, 9.17) is 16.7 Å². The lowest BCUT2D eigenvalue weighted by Crippen LogP contribution is -1.68. The first-order chi connectivity index (χ1) is 3.27. The molecule has 42 valence electrons. The van der Waals surface area contributed by atoms with Gasteiger partial charge in [-0.3, -0.25) is 0 Å². The first-order valence-electron chi connectivity index (χ1n) is 1.88. The fourth-order valence-electron chi connectivity index (χ4n) is 0.174. The molecule has 0 aromatic heterocycles. The molecule has 0 spiro atoms. The minimum atomic E-state index is 0.160. The number of aliphatic hydroxyl groups is 1. The van der Waals surface area contributed by atoms with Crippen LogP contribution in [-0.2, 0) is 0 Å². The van der Waals surface area contributed by atoms with E-state index in [2.05, 4.69) is 15.9 Å². The summed E-state index contributed by atoms with van der Waals surface area (Å²) in [6.07, 6.45) is 2.31. The standard InChI is InChI=1S/C4H6BrClO/c5-4(7)2-1-3-6/h2,7H,1,3H2/b4-2+. The lowest BCUT2D eigenvalue weighted by molar-refractivity contribution is 0.458. The van der Waals surface area contributed by atoms with Crippen LogP contribution in [0.15, 0.2) is 10.7 Å². The fraction of sp³-hybridized carbons (Fsp3) is 0.500. The summed E-state index contributed by atoms with van der Waals surface area (Å²) in [5.74, 6) is 0.551. The predicted molar refractivity (Wildman–Crippen MR) is 35.0 cm³/mol. The topological polar surface area (TPSA) is 20.2 Å². The zero-order chi connectivity index (χ0) is 5.70. The Morgan fingerprint density at radius 2 is 2.43 bits per heavy atom. The summed E-state index contributed by atoms with van der Waals surface area (Å²) in [5, 5.41) is 8.40. The van der Waals surface area contributed by atoms with E-state index in [0.29, 0.717) is 12.3 Å². The van der Waals surface area contributed by atoms with Crippen LogP contribution in [0.2, 0.25) is 0 Å². The summed E-state index contributed by atoms with van der Waals surface area (Å²) in [6, 6.07) is 0. The van der Waals surface area contributed by atoms with Gasteiger partial charge in [0, 0.05) is 5.88 Å². The van der Waals surface area contributed by atoms with E-state index < -0.39 is 0 Å². The predicted octanol–water partition coefficient (Wildman–Crippen LogP) is 2.41. The van der Waals surface area contributed by atoms with E-state index >= 15 is 0 Å². The SMILES string of the molecule is O/C(Br)=C/CCCl. The van der Waals surface area contributed by atoms with Crippen LogP contribution < -0.4 is 0 Å². The minimum absolute atomic E-state index is 0.160. The third-order valence-corrected chi connectivity index (χ3v) is 0.964. The van der Waals surface area contributed by atoms with Crippen molar-refractivity contribution in [2.45, 2.75) is 6.42 Å². The molecular formula is C4H6BrClO. The summed E-state index contributed by atoms with van der Waals surface area (Å²) in [6.45, 7) is 0. The second-order valence-electron chi connectivity index (χ2n) is 1.00. The first-order valence-corrected chi connectivity index (χ1v) is 3.20. The summed E-state index contributed by atoms with van der Waals surface area (Å²) >= 11 is 8.10. The van der Waals surface area contributed by atoms with Crippen molar-refractivity contribution < 1.29 is 5.11 Å². The Balaban J connectivity index is 3.08. The Morgan fingerprint density at radius 3 is 2.57 bits per heavy atom. The van der Waals surface area contributed by atoms with Gasteiger partial charge in [0.25, 0.3) is 0 Å². The van der Waals surface area contributed by atoms with E-state index in [0.717, 1.165) is 0 Å². The number of aliphatic hydroxyl groups excluding tert-OH is 1. The number of rotatable bonds is 2. The fourth-order valence-corrected chi connectivity index (χ4v) is 0.512. The summed E-state index contributed by atoms with van der Waals surface area (Å²) < 4.78 is 0.160. The van der Waals surface area contributed by atoms with Gasteiger partial charge in [-0.1, -0.05) is 0 Å². The number of allylic oxidation sites excluding steroid dienone is 1. The van der Waals surface area contributed by atoms with Gasteiger partial charge in [-0.2, -0.15) is 0 Å². The molecule has 0 atom stereocenters. The van der Waals surface area contributed by atoms with Gasteiger partial charge in [-0.25, -0.2) is 0 Å². The average Bonchev–Trinajstić information content (AvgIpc) is 1.61. The second-order valence-corrected chi connectivity index (χ2v) is 2.19. The maximum absolute atomic E-state index is 8.40. The quantitative estimate of drug-likeness (QED) is 0.517. The van der Waals surface area contributed by atoms with Crippen LogP contribution in [0.3, 0.4) is 0 Å². The van der Waals surface area contributed by atoms with Crippen LogP contribution >= 0.6 is 27.5 Å². The van der Waals surface area contributed by atoms with E-state index in [-0.39, 0.29) is 4.67 Å². The zero-order valence-electron chi connectivity index (χ0n) is 3.69. The van der Waals surface area contributed by atoms with Crippen molar-refractivity contribution in [2.24, 2.45) is 0 Å². The highest BCUT2D eigenvalue weighted by Crippen LogP contribution is 1.99. The first kappa shape index (κ1) is 7.31. The molecule has 0 rings (SSSR count). The van der Waals surface area contributed by atoms with Gasteiger partial charge in [0.15, 0.2) is 4.67 Å². The third-order valence-electron chi connectivity index (χ3n) is 0.422. The molecule has 0 aliphatic heterocycles. The molecule has 0 aromatic carbocycles. The molecule has 0 amide bonds. The van der Waals surface area contributed by atoms with Crippen molar-refractivity contribution in [3.05, 3.63) is 10.7 Å². The molecule has 0 unspecified atom stereocenters. The molecule has 0 fully saturated rings. The monoisotopic (exact) mass is 184 g/mol. The molecule has 0 aliphatic carbocycles. The van der Waals surface area contributed by atoms with Gasteiger partial charge in [0.05, 0.1) is 0 Å². The molecule has 0 radical (unpaired) electrons. The van der Waals surface area contributed by atoms with Gasteiger partial charge in [0.2, 0.25) is 0 Å². The van der Waals surface area contributed by atoms with Gasteiger partial charge >= 0.3 is 0 Å². The molecule has 0 saturated carbocycles. The van der Waals surface area contributed by atoms with Crippen LogP contribution in [0.1, 0.15) is 6.42 Å². The van der Waals surface area contributed by atoms with Crippen LogP contribution in [-0.4, -0.2) is 11.0 Å². The lowest BCUT2D eigenvalue weighted by Gasteiger charge is -1.81. The van der Waals surface area contributed by atoms with Gasteiger partial charge < -0.3 is 5.11 Å². The highest BCUT2D eigenvalue weighted by Gasteiger charge is 1.78. The van der Waals surface area contributed by atoms with E-state index in [1.165, 1.54) is 0 Å². The number of alkyl halides is 1. The van der Waals surface area contributed by atoms with Crippen molar-refractivity contribution in [2.75, 3.05) is 5.88 Å².